The molecule has 4 heteroatoms. The molecule has 1 spiro atoms. The number of rotatable bonds is 4. The van der Waals surface area contributed by atoms with Crippen molar-refractivity contribution in [3.05, 3.63) is 0 Å². The van der Waals surface area contributed by atoms with E-state index < -0.39 is 0 Å². The summed E-state index contributed by atoms with van der Waals surface area (Å²) in [4.78, 5) is 14.2. The first-order chi connectivity index (χ1) is 8.10. The number of carbonyl (C=O) groups is 1. The molecule has 2 rings (SSSR count). The molecule has 4 nitrogen and oxygen atoms in total. The van der Waals surface area contributed by atoms with Crippen LogP contribution >= 0.6 is 0 Å². The van der Waals surface area contributed by atoms with Crippen molar-refractivity contribution in [1.82, 2.24) is 10.2 Å². The summed E-state index contributed by atoms with van der Waals surface area (Å²) in [6, 6.07) is 0.189. The van der Waals surface area contributed by atoms with Crippen molar-refractivity contribution in [1.29, 1.82) is 0 Å². The van der Waals surface area contributed by atoms with Gasteiger partial charge in [-0.15, -0.1) is 0 Å². The van der Waals surface area contributed by atoms with Crippen LogP contribution in [-0.4, -0.2) is 48.2 Å². The predicted octanol–water partition coefficient (Wildman–Crippen LogP) is 0.605. The van der Waals surface area contributed by atoms with E-state index in [-0.39, 0.29) is 24.5 Å². The lowest BCUT2D eigenvalue weighted by atomic mass is 9.91. The van der Waals surface area contributed by atoms with Crippen LogP contribution in [0.3, 0.4) is 0 Å². The number of hydrogen-bond acceptors (Lipinski definition) is 3. The van der Waals surface area contributed by atoms with E-state index in [1.165, 1.54) is 0 Å². The molecule has 0 aromatic carbocycles. The van der Waals surface area contributed by atoms with Crippen LogP contribution in [0.15, 0.2) is 0 Å². The molecule has 2 fully saturated rings. The highest BCUT2D eigenvalue weighted by Crippen LogP contribution is 2.59. The van der Waals surface area contributed by atoms with Crippen LogP contribution in [0.2, 0.25) is 0 Å². The van der Waals surface area contributed by atoms with Crippen molar-refractivity contribution in [2.24, 2.45) is 11.3 Å². The van der Waals surface area contributed by atoms with Gasteiger partial charge >= 0.3 is 0 Å². The Balaban J connectivity index is 1.96. The molecule has 1 heterocycles. The van der Waals surface area contributed by atoms with Crippen molar-refractivity contribution >= 4 is 5.91 Å². The molecule has 2 aliphatic rings. The Morgan fingerprint density at radius 3 is 2.65 bits per heavy atom. The maximum atomic E-state index is 12.4. The third kappa shape index (κ3) is 2.47. The average molecular weight is 240 g/mol. The lowest BCUT2D eigenvalue weighted by Gasteiger charge is -2.29. The highest BCUT2D eigenvalue weighted by molar-refractivity contribution is 5.83. The molecule has 1 aliphatic carbocycles. The molecule has 98 valence electrons. The van der Waals surface area contributed by atoms with Crippen molar-refractivity contribution in [3.8, 4) is 0 Å². The van der Waals surface area contributed by atoms with Gasteiger partial charge in [-0.05, 0) is 51.6 Å². The molecular formula is C13H24N2O2. The molecule has 2 N–H and O–H groups in total. The fraction of sp³-hybridized carbons (Fsp3) is 0.923. The maximum absolute atomic E-state index is 12.4. The monoisotopic (exact) mass is 240 g/mol. The third-order valence-corrected chi connectivity index (χ3v) is 4.33. The Labute approximate surface area is 103 Å². The van der Waals surface area contributed by atoms with Gasteiger partial charge in [-0.2, -0.15) is 0 Å². The summed E-state index contributed by atoms with van der Waals surface area (Å²) in [6.07, 6.45) is 3.32. The number of piperidine rings is 1. The van der Waals surface area contributed by atoms with Crippen LogP contribution < -0.4 is 5.32 Å². The normalized spacial score (nSPS) is 26.2. The summed E-state index contributed by atoms with van der Waals surface area (Å²) in [7, 11) is 0. The van der Waals surface area contributed by atoms with E-state index >= 15 is 0 Å². The lowest BCUT2D eigenvalue weighted by molar-refractivity contribution is -0.135. The zero-order valence-corrected chi connectivity index (χ0v) is 10.9. The van der Waals surface area contributed by atoms with Gasteiger partial charge in [0.25, 0.3) is 0 Å². The van der Waals surface area contributed by atoms with Crippen LogP contribution in [-0.2, 0) is 4.79 Å². The molecule has 0 radical (unpaired) electrons. The fourth-order valence-electron chi connectivity index (χ4n) is 3.10. The SMILES string of the molecule is CC(C)N(CCO)C(=O)C1CC12CCNCC2. The molecule has 1 atom stereocenters. The summed E-state index contributed by atoms with van der Waals surface area (Å²) in [5.74, 6) is 0.481. The predicted molar refractivity (Wildman–Crippen MR) is 66.6 cm³/mol. The van der Waals surface area contributed by atoms with Gasteiger partial charge < -0.3 is 15.3 Å². The van der Waals surface area contributed by atoms with Gasteiger partial charge in [0.2, 0.25) is 5.91 Å². The van der Waals surface area contributed by atoms with Crippen LogP contribution in [0.4, 0.5) is 0 Å². The Hall–Kier alpha value is -0.610. The van der Waals surface area contributed by atoms with E-state index in [9.17, 15) is 4.79 Å². The summed E-state index contributed by atoms with van der Waals surface area (Å²) < 4.78 is 0. The fourth-order valence-corrected chi connectivity index (χ4v) is 3.10. The Kier molecular flexibility index (Phi) is 3.73. The van der Waals surface area contributed by atoms with Crippen LogP contribution in [0.5, 0.6) is 0 Å². The van der Waals surface area contributed by atoms with Gasteiger partial charge in [0, 0.05) is 18.5 Å². The summed E-state index contributed by atoms with van der Waals surface area (Å²) in [5.41, 5.74) is 0.297. The largest absolute Gasteiger partial charge is 0.395 e. The van der Waals surface area contributed by atoms with E-state index in [0.717, 1.165) is 32.4 Å². The zero-order valence-electron chi connectivity index (χ0n) is 10.9. The number of carbonyl (C=O) groups excluding carboxylic acids is 1. The quantitative estimate of drug-likeness (QED) is 0.757. The number of amides is 1. The first-order valence-corrected chi connectivity index (χ1v) is 6.73. The molecule has 1 aliphatic heterocycles. The summed E-state index contributed by atoms with van der Waals surface area (Å²) >= 11 is 0. The van der Waals surface area contributed by atoms with Gasteiger partial charge in [0.15, 0.2) is 0 Å². The molecule has 0 aromatic rings. The Bertz CT molecular complexity index is 285. The number of aliphatic hydroxyl groups is 1. The van der Waals surface area contributed by atoms with Gasteiger partial charge in [-0.1, -0.05) is 0 Å². The number of aliphatic hydroxyl groups excluding tert-OH is 1. The Morgan fingerprint density at radius 1 is 1.47 bits per heavy atom. The number of nitrogens with one attached hydrogen (secondary N) is 1. The molecule has 17 heavy (non-hydrogen) atoms. The molecule has 0 bridgehead atoms. The smallest absolute Gasteiger partial charge is 0.226 e. The van der Waals surface area contributed by atoms with E-state index in [0.29, 0.717) is 12.0 Å². The molecule has 0 aromatic heterocycles. The van der Waals surface area contributed by atoms with E-state index in [1.807, 2.05) is 18.7 Å². The lowest BCUT2D eigenvalue weighted by Crippen LogP contribution is -2.41. The average Bonchev–Trinajstić information content (AvgIpc) is 2.99. The van der Waals surface area contributed by atoms with Crippen molar-refractivity contribution < 1.29 is 9.90 Å². The molecule has 1 saturated carbocycles. The summed E-state index contributed by atoms with van der Waals surface area (Å²) in [6.45, 7) is 6.67. The zero-order chi connectivity index (χ0) is 12.5. The third-order valence-electron chi connectivity index (χ3n) is 4.33. The number of hydrogen-bond donors (Lipinski definition) is 2. The molecule has 1 unspecified atom stereocenters. The van der Waals surface area contributed by atoms with Crippen LogP contribution in [0.1, 0.15) is 33.1 Å². The highest BCUT2D eigenvalue weighted by atomic mass is 16.3. The van der Waals surface area contributed by atoms with Crippen LogP contribution in [0.25, 0.3) is 0 Å². The summed E-state index contributed by atoms with van der Waals surface area (Å²) in [5, 5.41) is 12.4. The van der Waals surface area contributed by atoms with Gasteiger partial charge in [0.05, 0.1) is 6.61 Å². The maximum Gasteiger partial charge on any atom is 0.226 e. The standard InChI is InChI=1S/C13H24N2O2/c1-10(2)15(7-8-16)12(17)11-9-13(11)3-5-14-6-4-13/h10-11,14,16H,3-9H2,1-2H3. The van der Waals surface area contributed by atoms with Crippen LogP contribution in [0, 0.1) is 11.3 Å². The second-order valence-corrected chi connectivity index (χ2v) is 5.72. The minimum absolute atomic E-state index is 0.0607. The molecule has 1 saturated heterocycles. The van der Waals surface area contributed by atoms with Crippen molar-refractivity contribution in [2.75, 3.05) is 26.2 Å². The second kappa shape index (κ2) is 4.94. The van der Waals surface area contributed by atoms with E-state index in [4.69, 9.17) is 5.11 Å². The first kappa shape index (κ1) is 12.8. The molecule has 1 amide bonds. The number of nitrogens with zero attached hydrogens (tertiary/aromatic N) is 1. The van der Waals surface area contributed by atoms with Gasteiger partial charge in [0.1, 0.15) is 0 Å². The van der Waals surface area contributed by atoms with Crippen molar-refractivity contribution in [2.45, 2.75) is 39.2 Å². The van der Waals surface area contributed by atoms with Gasteiger partial charge in [-0.25, -0.2) is 0 Å². The minimum atomic E-state index is 0.0607. The highest BCUT2D eigenvalue weighted by Gasteiger charge is 2.58. The van der Waals surface area contributed by atoms with E-state index in [2.05, 4.69) is 5.32 Å². The van der Waals surface area contributed by atoms with E-state index in [1.54, 1.807) is 0 Å². The molecular weight excluding hydrogens is 216 g/mol. The van der Waals surface area contributed by atoms with Crippen molar-refractivity contribution in [3.63, 3.8) is 0 Å². The second-order valence-electron chi connectivity index (χ2n) is 5.72. The Morgan fingerprint density at radius 2 is 2.12 bits per heavy atom. The van der Waals surface area contributed by atoms with Gasteiger partial charge in [-0.3, -0.25) is 4.79 Å². The minimum Gasteiger partial charge on any atom is -0.395 e. The first-order valence-electron chi connectivity index (χ1n) is 6.73. The topological polar surface area (TPSA) is 52.6 Å².